The summed E-state index contributed by atoms with van der Waals surface area (Å²) in [4.78, 5) is 42.3. The molecule has 2 N–H and O–H groups in total. The highest BCUT2D eigenvalue weighted by Gasteiger charge is 2.50. The third-order valence-electron chi connectivity index (χ3n) is 8.99. The molecule has 4 saturated carbocycles. The molecule has 4 aliphatic carbocycles. The summed E-state index contributed by atoms with van der Waals surface area (Å²) in [6.45, 7) is 0.708. The number of hydrogen-bond acceptors (Lipinski definition) is 6. The molecule has 0 saturated heterocycles. The number of nitrogens with zero attached hydrogens (tertiary/aromatic N) is 4. The summed E-state index contributed by atoms with van der Waals surface area (Å²) >= 11 is 0. The minimum Gasteiger partial charge on any atom is -0.408 e. The van der Waals surface area contributed by atoms with Crippen molar-refractivity contribution in [1.29, 1.82) is 0 Å². The van der Waals surface area contributed by atoms with Crippen molar-refractivity contribution in [3.63, 3.8) is 0 Å². The lowest BCUT2D eigenvalue weighted by Gasteiger charge is -2.56. The van der Waals surface area contributed by atoms with E-state index < -0.39 is 23.4 Å². The maximum absolute atomic E-state index is 14.5. The quantitative estimate of drug-likeness (QED) is 0.393. The minimum absolute atomic E-state index is 0.0635. The van der Waals surface area contributed by atoms with Crippen molar-refractivity contribution in [2.24, 2.45) is 30.2 Å². The summed E-state index contributed by atoms with van der Waals surface area (Å²) < 4.78 is 22.2. The second kappa shape index (κ2) is 8.75. The number of oxazole rings is 1. The molecule has 8 rings (SSSR count). The average molecular weight is 533 g/mol. The summed E-state index contributed by atoms with van der Waals surface area (Å²) in [5, 5.41) is 9.85. The number of nitrogens with one attached hydrogen (secondary N) is 2. The molecule has 10 nitrogen and oxygen atoms in total. The topological polar surface area (TPSA) is 124 Å². The molecular formula is C28H29FN6O4. The maximum atomic E-state index is 14.5. The van der Waals surface area contributed by atoms with Crippen molar-refractivity contribution in [2.75, 3.05) is 6.54 Å². The Bertz CT molecular complexity index is 1670. The molecule has 3 aromatic heterocycles. The van der Waals surface area contributed by atoms with Crippen LogP contribution in [0.15, 0.2) is 39.7 Å². The van der Waals surface area contributed by atoms with Crippen molar-refractivity contribution in [2.45, 2.75) is 45.1 Å². The van der Waals surface area contributed by atoms with Crippen LogP contribution in [0, 0.1) is 29.0 Å². The molecule has 202 valence electrons. The molecule has 0 aliphatic heterocycles. The van der Waals surface area contributed by atoms with Crippen LogP contribution in [0.2, 0.25) is 0 Å². The Balaban J connectivity index is 1.10. The van der Waals surface area contributed by atoms with Crippen molar-refractivity contribution in [1.82, 2.24) is 29.8 Å². The highest BCUT2D eigenvalue weighted by Crippen LogP contribution is 2.59. The molecule has 39 heavy (non-hydrogen) atoms. The number of hydrogen-bond donors (Lipinski definition) is 2. The van der Waals surface area contributed by atoms with Gasteiger partial charge in [-0.2, -0.15) is 5.10 Å². The molecule has 2 amide bonds. The van der Waals surface area contributed by atoms with E-state index in [0.717, 1.165) is 53.3 Å². The normalized spacial score (nSPS) is 25.4. The van der Waals surface area contributed by atoms with E-state index in [1.807, 2.05) is 0 Å². The van der Waals surface area contributed by atoms with Gasteiger partial charge in [-0.15, -0.1) is 0 Å². The zero-order valence-corrected chi connectivity index (χ0v) is 21.6. The average Bonchev–Trinajstić information content (AvgIpc) is 3.43. The number of aryl methyl sites for hydroxylation is 1. The number of carbonyl (C=O) groups is 2. The van der Waals surface area contributed by atoms with Crippen molar-refractivity contribution >= 4 is 28.6 Å². The van der Waals surface area contributed by atoms with Gasteiger partial charge in [-0.3, -0.25) is 14.2 Å². The van der Waals surface area contributed by atoms with Crippen molar-refractivity contribution < 1.29 is 18.4 Å². The number of fused-ring (bicyclic) bond motifs is 2. The lowest BCUT2D eigenvalue weighted by Crippen LogP contribution is -2.51. The standard InChI is InChI=1S/C28H29FN6O4/c1-34-21-7-15(2-3-23(21)39-27(34)38)12-30-25(36)20-8-22(35-24(33-20)19(29)13-32-35)26(37)31-14-28-9-16-4-17(10-28)6-18(5-16)11-28/h2-3,7-8,13,16-18H,4-6,9-12,14H2,1H3,(H,30,36)(H,31,37). The minimum atomic E-state index is -0.717. The van der Waals surface area contributed by atoms with Gasteiger partial charge < -0.3 is 15.1 Å². The summed E-state index contributed by atoms with van der Waals surface area (Å²) in [6, 6.07) is 6.50. The third-order valence-corrected chi connectivity index (χ3v) is 8.99. The van der Waals surface area contributed by atoms with Gasteiger partial charge in [0.1, 0.15) is 11.4 Å². The van der Waals surface area contributed by atoms with Gasteiger partial charge in [-0.25, -0.2) is 18.7 Å². The lowest BCUT2D eigenvalue weighted by molar-refractivity contribution is -0.0503. The number of amides is 2. The highest BCUT2D eigenvalue weighted by atomic mass is 19.1. The molecule has 4 bridgehead atoms. The first kappa shape index (κ1) is 24.1. The molecule has 1 aromatic carbocycles. The molecule has 0 atom stereocenters. The van der Waals surface area contributed by atoms with Crippen LogP contribution >= 0.6 is 0 Å². The lowest BCUT2D eigenvalue weighted by atomic mass is 9.49. The highest BCUT2D eigenvalue weighted by molar-refractivity contribution is 5.98. The Kier molecular flexibility index (Phi) is 5.40. The van der Waals surface area contributed by atoms with Gasteiger partial charge in [0.05, 0.1) is 11.7 Å². The van der Waals surface area contributed by atoms with Gasteiger partial charge >= 0.3 is 5.76 Å². The molecule has 3 heterocycles. The van der Waals surface area contributed by atoms with E-state index in [1.165, 1.54) is 29.9 Å². The van der Waals surface area contributed by atoms with Crippen LogP contribution in [0.5, 0.6) is 0 Å². The summed E-state index contributed by atoms with van der Waals surface area (Å²) in [5.74, 6) is 0.129. The first-order valence-electron chi connectivity index (χ1n) is 13.5. The number of aromatic nitrogens is 4. The van der Waals surface area contributed by atoms with E-state index in [4.69, 9.17) is 4.42 Å². The number of carbonyl (C=O) groups excluding carboxylic acids is 2. The summed E-state index contributed by atoms with van der Waals surface area (Å²) in [6.07, 6.45) is 8.38. The Labute approximate surface area is 222 Å². The van der Waals surface area contributed by atoms with Crippen LogP contribution in [-0.2, 0) is 13.6 Å². The zero-order valence-electron chi connectivity index (χ0n) is 21.6. The molecule has 4 aliphatic rings. The van der Waals surface area contributed by atoms with Gasteiger partial charge in [0.25, 0.3) is 11.8 Å². The van der Waals surface area contributed by atoms with Crippen molar-refractivity contribution in [3.05, 3.63) is 63.8 Å². The molecule has 4 aromatic rings. The Morgan fingerprint density at radius 1 is 1.08 bits per heavy atom. The smallest absolute Gasteiger partial charge is 0.408 e. The maximum Gasteiger partial charge on any atom is 0.419 e. The largest absolute Gasteiger partial charge is 0.419 e. The fourth-order valence-corrected chi connectivity index (χ4v) is 7.63. The van der Waals surface area contributed by atoms with Crippen LogP contribution in [0.1, 0.15) is 65.1 Å². The summed E-state index contributed by atoms with van der Waals surface area (Å²) in [5.41, 5.74) is 1.71. The SMILES string of the molecule is Cn1c(=O)oc2ccc(CNC(=O)c3cc(C(=O)NCC45CC6CC(CC(C6)C4)C5)n4ncc(F)c4n3)cc21. The molecule has 0 unspecified atom stereocenters. The van der Waals surface area contributed by atoms with E-state index in [9.17, 15) is 18.8 Å². The van der Waals surface area contributed by atoms with Crippen LogP contribution in [-0.4, -0.2) is 37.5 Å². The van der Waals surface area contributed by atoms with E-state index in [0.29, 0.717) is 17.6 Å². The van der Waals surface area contributed by atoms with Crippen LogP contribution in [0.3, 0.4) is 0 Å². The molecule has 4 fully saturated rings. The Morgan fingerprint density at radius 2 is 1.79 bits per heavy atom. The predicted molar refractivity (Wildman–Crippen MR) is 139 cm³/mol. The second-order valence-electron chi connectivity index (χ2n) is 11.8. The number of rotatable bonds is 6. The Morgan fingerprint density at radius 3 is 2.51 bits per heavy atom. The first-order valence-corrected chi connectivity index (χ1v) is 13.5. The van der Waals surface area contributed by atoms with E-state index >= 15 is 0 Å². The molecular weight excluding hydrogens is 503 g/mol. The van der Waals surface area contributed by atoms with Gasteiger partial charge in [-0.05, 0) is 79.4 Å². The third kappa shape index (κ3) is 4.11. The van der Waals surface area contributed by atoms with Crippen LogP contribution in [0.25, 0.3) is 16.7 Å². The molecule has 11 heteroatoms. The van der Waals surface area contributed by atoms with Gasteiger partial charge in [-0.1, -0.05) is 6.07 Å². The van der Waals surface area contributed by atoms with E-state index in [1.54, 1.807) is 25.2 Å². The van der Waals surface area contributed by atoms with Crippen molar-refractivity contribution in [3.8, 4) is 0 Å². The predicted octanol–water partition coefficient (Wildman–Crippen LogP) is 3.19. The van der Waals surface area contributed by atoms with Crippen LogP contribution in [0.4, 0.5) is 4.39 Å². The fourth-order valence-electron chi connectivity index (χ4n) is 7.63. The first-order chi connectivity index (χ1) is 18.8. The summed E-state index contributed by atoms with van der Waals surface area (Å²) in [7, 11) is 1.60. The second-order valence-corrected chi connectivity index (χ2v) is 11.8. The fraction of sp³-hybridized carbons (Fsp3) is 0.464. The van der Waals surface area contributed by atoms with Crippen LogP contribution < -0.4 is 16.4 Å². The monoisotopic (exact) mass is 532 g/mol. The van der Waals surface area contributed by atoms with Gasteiger partial charge in [0.2, 0.25) is 0 Å². The molecule has 0 radical (unpaired) electrons. The molecule has 0 spiro atoms. The van der Waals surface area contributed by atoms with Gasteiger partial charge in [0, 0.05) is 26.2 Å². The van der Waals surface area contributed by atoms with E-state index in [-0.39, 0.29) is 29.0 Å². The van der Waals surface area contributed by atoms with E-state index in [2.05, 4.69) is 20.7 Å². The van der Waals surface area contributed by atoms with Gasteiger partial charge in [0.15, 0.2) is 17.0 Å². The zero-order chi connectivity index (χ0) is 26.9. The Hall–Kier alpha value is -4.02. The number of halogens is 1. The number of benzene rings is 1.